The van der Waals surface area contributed by atoms with Gasteiger partial charge < -0.3 is 39.9 Å². The standard InChI is InChI=1S/C39H46N4O8/c1-23(44)42-30-16-14-24-20-34(48-2)37(49-3)38(50-4)36(24)27-15-17-31(33(45)21-28(27)30)40-18-10-6-7-13-35(46)43-32(39(47)51-5)19-25-22-41-29-12-9-8-11-26(25)29/h8-9,11-12,15,17,20-22,30,32,41H,6-7,10,13-14,16,18-19H2,1-5H3,(H,40,45)(H,42,44)(H,43,46). The first-order chi connectivity index (χ1) is 24.7. The highest BCUT2D eigenvalue weighted by atomic mass is 16.5. The predicted molar refractivity (Wildman–Crippen MR) is 196 cm³/mol. The Morgan fingerprint density at radius 3 is 2.45 bits per heavy atom. The molecule has 4 aromatic rings. The fraction of sp³-hybridized carbons (Fsp3) is 0.385. The number of fused-ring (bicyclic) bond motifs is 4. The van der Waals surface area contributed by atoms with E-state index in [1.165, 1.54) is 14.0 Å². The predicted octanol–water partition coefficient (Wildman–Crippen LogP) is 5.22. The lowest BCUT2D eigenvalue weighted by Gasteiger charge is -2.19. The van der Waals surface area contributed by atoms with Crippen molar-refractivity contribution in [1.82, 2.24) is 15.6 Å². The number of aromatic amines is 1. The van der Waals surface area contributed by atoms with E-state index in [2.05, 4.69) is 20.9 Å². The van der Waals surface area contributed by atoms with E-state index in [9.17, 15) is 19.2 Å². The summed E-state index contributed by atoms with van der Waals surface area (Å²) in [7, 11) is 5.99. The second-order valence-corrected chi connectivity index (χ2v) is 12.5. The van der Waals surface area contributed by atoms with Crippen molar-refractivity contribution < 1.29 is 33.3 Å². The number of hydrogen-bond donors (Lipinski definition) is 4. The molecule has 2 unspecified atom stereocenters. The number of para-hydroxylation sites is 1. The molecule has 0 bridgehead atoms. The Balaban J connectivity index is 1.24. The van der Waals surface area contributed by atoms with Crippen LogP contribution in [0.25, 0.3) is 22.0 Å². The van der Waals surface area contributed by atoms with Gasteiger partial charge in [0.2, 0.25) is 23.0 Å². The van der Waals surface area contributed by atoms with E-state index in [0.29, 0.717) is 67.1 Å². The molecule has 2 atom stereocenters. The van der Waals surface area contributed by atoms with Crippen LogP contribution in [0.1, 0.15) is 61.8 Å². The first-order valence-electron chi connectivity index (χ1n) is 17.1. The molecule has 270 valence electrons. The Bertz CT molecular complexity index is 1960. The van der Waals surface area contributed by atoms with Crippen LogP contribution in [0.15, 0.2) is 59.5 Å². The number of benzene rings is 2. The van der Waals surface area contributed by atoms with Gasteiger partial charge in [-0.1, -0.05) is 30.7 Å². The number of ether oxygens (including phenoxy) is 4. The van der Waals surface area contributed by atoms with Crippen LogP contribution in [-0.4, -0.2) is 63.8 Å². The van der Waals surface area contributed by atoms with E-state index in [-0.39, 0.29) is 23.7 Å². The third-order valence-electron chi connectivity index (χ3n) is 9.23. The van der Waals surface area contributed by atoms with Crippen LogP contribution in [0, 0.1) is 0 Å². The Morgan fingerprint density at radius 2 is 1.73 bits per heavy atom. The van der Waals surface area contributed by atoms with Crippen LogP contribution in [0.3, 0.4) is 0 Å². The number of aryl methyl sites for hydroxylation is 1. The van der Waals surface area contributed by atoms with Gasteiger partial charge in [0, 0.05) is 49.0 Å². The summed E-state index contributed by atoms with van der Waals surface area (Å²) in [5.74, 6) is 0.550. The molecule has 1 aliphatic rings. The van der Waals surface area contributed by atoms with Crippen molar-refractivity contribution in [2.45, 2.75) is 64.0 Å². The van der Waals surface area contributed by atoms with Gasteiger partial charge in [0.25, 0.3) is 0 Å². The summed E-state index contributed by atoms with van der Waals surface area (Å²) in [6, 6.07) is 13.7. The van der Waals surface area contributed by atoms with Gasteiger partial charge in [-0.25, -0.2) is 4.79 Å². The van der Waals surface area contributed by atoms with Crippen LogP contribution in [0.5, 0.6) is 17.2 Å². The summed E-state index contributed by atoms with van der Waals surface area (Å²) >= 11 is 0. The van der Waals surface area contributed by atoms with Crippen LogP contribution < -0.4 is 35.6 Å². The maximum Gasteiger partial charge on any atom is 0.328 e. The number of carbonyl (C=O) groups is 3. The van der Waals surface area contributed by atoms with Crippen molar-refractivity contribution in [3.8, 4) is 28.4 Å². The smallest absolute Gasteiger partial charge is 0.328 e. The molecule has 1 aliphatic carbocycles. The Kier molecular flexibility index (Phi) is 12.2. The highest BCUT2D eigenvalue weighted by molar-refractivity contribution is 5.87. The maximum absolute atomic E-state index is 13.6. The average molecular weight is 699 g/mol. The van der Waals surface area contributed by atoms with Gasteiger partial charge in [0.1, 0.15) is 6.04 Å². The fourth-order valence-electron chi connectivity index (χ4n) is 6.79. The number of rotatable bonds is 15. The number of aromatic nitrogens is 1. The fourth-order valence-corrected chi connectivity index (χ4v) is 6.79. The molecule has 1 aromatic heterocycles. The number of anilines is 1. The van der Waals surface area contributed by atoms with E-state index in [0.717, 1.165) is 39.6 Å². The molecule has 51 heavy (non-hydrogen) atoms. The van der Waals surface area contributed by atoms with Gasteiger partial charge in [-0.2, -0.15) is 0 Å². The Labute approximate surface area is 297 Å². The number of amides is 2. The molecule has 5 rings (SSSR count). The lowest BCUT2D eigenvalue weighted by Crippen LogP contribution is -2.43. The van der Waals surface area contributed by atoms with Crippen LogP contribution in [-0.2, 0) is 32.0 Å². The number of nitrogens with one attached hydrogen (secondary N) is 4. The van der Waals surface area contributed by atoms with E-state index in [4.69, 9.17) is 18.9 Å². The van der Waals surface area contributed by atoms with Crippen LogP contribution in [0.4, 0.5) is 5.69 Å². The second kappa shape index (κ2) is 16.9. The molecule has 3 aromatic carbocycles. The summed E-state index contributed by atoms with van der Waals surface area (Å²) in [5, 5.41) is 10.1. The minimum absolute atomic E-state index is 0.194. The lowest BCUT2D eigenvalue weighted by molar-refractivity contribution is -0.145. The normalized spacial score (nSPS) is 13.9. The van der Waals surface area contributed by atoms with Crippen molar-refractivity contribution in [3.05, 3.63) is 81.6 Å². The van der Waals surface area contributed by atoms with E-state index in [1.54, 1.807) is 33.5 Å². The monoisotopic (exact) mass is 698 g/mol. The van der Waals surface area contributed by atoms with Crippen molar-refractivity contribution >= 4 is 34.4 Å². The number of hydrogen-bond acceptors (Lipinski definition) is 9. The van der Waals surface area contributed by atoms with Gasteiger partial charge in [0.15, 0.2) is 11.5 Å². The zero-order chi connectivity index (χ0) is 36.5. The van der Waals surface area contributed by atoms with E-state index >= 15 is 0 Å². The summed E-state index contributed by atoms with van der Waals surface area (Å²) in [4.78, 5) is 54.3. The van der Waals surface area contributed by atoms with Crippen LogP contribution in [0.2, 0.25) is 0 Å². The number of unbranched alkanes of at least 4 members (excludes halogenated alkanes) is 2. The number of esters is 1. The number of methoxy groups -OCH3 is 4. The second-order valence-electron chi connectivity index (χ2n) is 12.5. The molecule has 0 fully saturated rings. The molecule has 0 spiro atoms. The maximum atomic E-state index is 13.6. The summed E-state index contributed by atoms with van der Waals surface area (Å²) in [6.07, 6.45) is 5.64. The first-order valence-corrected chi connectivity index (χ1v) is 17.1. The van der Waals surface area contributed by atoms with Crippen molar-refractivity contribution in [2.75, 3.05) is 40.3 Å². The molecule has 4 N–H and O–H groups in total. The van der Waals surface area contributed by atoms with E-state index in [1.807, 2.05) is 42.6 Å². The molecule has 0 saturated heterocycles. The number of carbonyl (C=O) groups excluding carboxylic acids is 3. The molecule has 0 radical (unpaired) electrons. The number of H-pyrrole nitrogens is 1. The van der Waals surface area contributed by atoms with Gasteiger partial charge in [0.05, 0.1) is 40.2 Å². The minimum Gasteiger partial charge on any atom is -0.493 e. The highest BCUT2D eigenvalue weighted by Gasteiger charge is 2.29. The summed E-state index contributed by atoms with van der Waals surface area (Å²) in [5.41, 5.74) is 5.27. The first kappa shape index (κ1) is 36.8. The van der Waals surface area contributed by atoms with Crippen molar-refractivity contribution in [1.29, 1.82) is 0 Å². The van der Waals surface area contributed by atoms with Gasteiger partial charge in [-0.3, -0.25) is 14.4 Å². The zero-order valence-electron chi connectivity index (χ0n) is 29.8. The van der Waals surface area contributed by atoms with Gasteiger partial charge in [-0.05, 0) is 72.2 Å². The molecule has 0 saturated carbocycles. The van der Waals surface area contributed by atoms with Crippen molar-refractivity contribution in [2.24, 2.45) is 0 Å². The van der Waals surface area contributed by atoms with Crippen LogP contribution >= 0.6 is 0 Å². The quantitative estimate of drug-likeness (QED) is 0.0966. The van der Waals surface area contributed by atoms with Gasteiger partial charge in [-0.15, -0.1) is 0 Å². The Hall–Kier alpha value is -5.52. The third kappa shape index (κ3) is 8.45. The van der Waals surface area contributed by atoms with Gasteiger partial charge >= 0.3 is 5.97 Å². The summed E-state index contributed by atoms with van der Waals surface area (Å²) < 4.78 is 22.1. The SMILES string of the molecule is COC(=O)C(Cc1c[nH]c2ccccc12)NC(=O)CCCCCNc1ccc2c(cc1=O)C(NC(C)=O)CCc1cc(OC)c(OC)c(OC)c1-2. The molecule has 12 heteroatoms. The molecule has 0 aliphatic heterocycles. The topological polar surface area (TPSA) is 157 Å². The molecule has 12 nitrogen and oxygen atoms in total. The molecule has 2 amide bonds. The van der Waals surface area contributed by atoms with Crippen molar-refractivity contribution in [3.63, 3.8) is 0 Å². The Morgan fingerprint density at radius 1 is 0.941 bits per heavy atom. The minimum atomic E-state index is -0.798. The lowest BCUT2D eigenvalue weighted by atomic mass is 9.95. The highest BCUT2D eigenvalue weighted by Crippen LogP contribution is 2.50. The molecular weight excluding hydrogens is 652 g/mol. The zero-order valence-corrected chi connectivity index (χ0v) is 29.8. The molecule has 1 heterocycles. The van der Waals surface area contributed by atoms with E-state index < -0.39 is 18.1 Å². The largest absolute Gasteiger partial charge is 0.493 e. The third-order valence-corrected chi connectivity index (χ3v) is 9.23. The molecular formula is C39H46N4O8. The summed E-state index contributed by atoms with van der Waals surface area (Å²) in [6.45, 7) is 1.97. The average Bonchev–Trinajstić information content (AvgIpc) is 3.39.